The van der Waals surface area contributed by atoms with Crippen molar-refractivity contribution in [3.8, 4) is 10.8 Å². The molecule has 2 heterocycles. The summed E-state index contributed by atoms with van der Waals surface area (Å²) in [7, 11) is 0. The third kappa shape index (κ3) is 1.63. The van der Waals surface area contributed by atoms with E-state index >= 15 is 0 Å². The van der Waals surface area contributed by atoms with Gasteiger partial charge in [-0.05, 0) is 6.92 Å². The van der Waals surface area contributed by atoms with Gasteiger partial charge in [-0.1, -0.05) is 25.2 Å². The van der Waals surface area contributed by atoms with Crippen molar-refractivity contribution in [3.05, 3.63) is 12.0 Å². The third-order valence-electron chi connectivity index (χ3n) is 1.61. The summed E-state index contributed by atoms with van der Waals surface area (Å²) in [6, 6.07) is 0. The quantitative estimate of drug-likeness (QED) is 0.704. The number of aromatic nitrogens is 2. The van der Waals surface area contributed by atoms with Crippen LogP contribution in [0.1, 0.15) is 19.5 Å². The number of hydrogen-bond donors (Lipinski definition) is 2. The monoisotopic (exact) mass is 212 g/mol. The molecule has 0 saturated carbocycles. The molecule has 4 nitrogen and oxygen atoms in total. The van der Waals surface area contributed by atoms with E-state index in [0.717, 1.165) is 21.7 Å². The second-order valence-electron chi connectivity index (χ2n) is 2.39. The highest BCUT2D eigenvalue weighted by Crippen LogP contribution is 2.41. The standard InChI is InChI=1S/C7H6N2O2S.C2H6/c1-3-6-4(9-2-8-3)5(10)7(11)12-6;1-2/h2,10-11H,1H3;1-2H3. The van der Waals surface area contributed by atoms with Gasteiger partial charge in [0, 0.05) is 0 Å². The topological polar surface area (TPSA) is 66.2 Å². The van der Waals surface area contributed by atoms with E-state index in [1.165, 1.54) is 6.33 Å². The Balaban J connectivity index is 0.000000461. The molecule has 76 valence electrons. The van der Waals surface area contributed by atoms with Crippen LogP contribution in [0.3, 0.4) is 0 Å². The molecule has 2 rings (SSSR count). The predicted molar refractivity (Wildman–Crippen MR) is 56.8 cm³/mol. The molecule has 0 saturated heterocycles. The molecule has 0 amide bonds. The minimum atomic E-state index is -0.152. The second kappa shape index (κ2) is 4.23. The highest BCUT2D eigenvalue weighted by Gasteiger charge is 2.12. The zero-order valence-electron chi connectivity index (χ0n) is 8.27. The van der Waals surface area contributed by atoms with Crippen LogP contribution >= 0.6 is 11.3 Å². The Kier molecular flexibility index (Phi) is 3.24. The Morgan fingerprint density at radius 1 is 1.21 bits per heavy atom. The summed E-state index contributed by atoms with van der Waals surface area (Å²) in [6.07, 6.45) is 1.36. The summed E-state index contributed by atoms with van der Waals surface area (Å²) in [6.45, 7) is 5.80. The van der Waals surface area contributed by atoms with Gasteiger partial charge >= 0.3 is 0 Å². The SMILES string of the molecule is CC.Cc1ncnc2c(O)c(O)sc12. The van der Waals surface area contributed by atoms with Crippen LogP contribution in [0.25, 0.3) is 10.2 Å². The fourth-order valence-corrected chi connectivity index (χ4v) is 1.83. The molecule has 2 N–H and O–H groups in total. The number of hydrogen-bond acceptors (Lipinski definition) is 5. The van der Waals surface area contributed by atoms with Gasteiger partial charge in [-0.15, -0.1) is 0 Å². The Labute approximate surface area is 85.9 Å². The number of aryl methyl sites for hydroxylation is 1. The van der Waals surface area contributed by atoms with Crippen molar-refractivity contribution in [2.45, 2.75) is 20.8 Å². The second-order valence-corrected chi connectivity index (χ2v) is 3.39. The van der Waals surface area contributed by atoms with Crippen molar-refractivity contribution in [3.63, 3.8) is 0 Å². The summed E-state index contributed by atoms with van der Waals surface area (Å²) in [5, 5.41) is 18.4. The van der Waals surface area contributed by atoms with Crippen molar-refractivity contribution in [1.29, 1.82) is 0 Å². The maximum absolute atomic E-state index is 9.29. The lowest BCUT2D eigenvalue weighted by molar-refractivity contribution is 0.418. The van der Waals surface area contributed by atoms with Gasteiger partial charge in [-0.25, -0.2) is 9.97 Å². The van der Waals surface area contributed by atoms with E-state index in [0.29, 0.717) is 5.52 Å². The van der Waals surface area contributed by atoms with Crippen LogP contribution in [-0.2, 0) is 0 Å². The molecule has 0 aromatic carbocycles. The third-order valence-corrected chi connectivity index (χ3v) is 2.69. The average Bonchev–Trinajstić information content (AvgIpc) is 2.50. The van der Waals surface area contributed by atoms with Gasteiger partial charge < -0.3 is 10.2 Å². The van der Waals surface area contributed by atoms with E-state index < -0.39 is 0 Å². The summed E-state index contributed by atoms with van der Waals surface area (Å²) >= 11 is 1.09. The van der Waals surface area contributed by atoms with E-state index in [4.69, 9.17) is 5.11 Å². The lowest BCUT2D eigenvalue weighted by atomic mass is 10.3. The van der Waals surface area contributed by atoms with Crippen LogP contribution in [0.15, 0.2) is 6.33 Å². The van der Waals surface area contributed by atoms with E-state index in [2.05, 4.69) is 9.97 Å². The fraction of sp³-hybridized carbons (Fsp3) is 0.333. The van der Waals surface area contributed by atoms with Gasteiger partial charge in [0.05, 0.1) is 10.4 Å². The number of fused-ring (bicyclic) bond motifs is 1. The minimum Gasteiger partial charge on any atom is -0.502 e. The van der Waals surface area contributed by atoms with Gasteiger partial charge in [0.15, 0.2) is 5.75 Å². The van der Waals surface area contributed by atoms with Crippen molar-refractivity contribution >= 4 is 21.6 Å². The largest absolute Gasteiger partial charge is 0.502 e. The van der Waals surface area contributed by atoms with Gasteiger partial charge in [0.2, 0.25) is 5.06 Å². The maximum atomic E-state index is 9.29. The molecule has 0 aliphatic heterocycles. The molecule has 0 spiro atoms. The molecule has 0 radical (unpaired) electrons. The zero-order chi connectivity index (χ0) is 10.7. The first-order chi connectivity index (χ1) is 6.70. The molecule has 0 aliphatic carbocycles. The van der Waals surface area contributed by atoms with Crippen LogP contribution < -0.4 is 0 Å². The van der Waals surface area contributed by atoms with Crippen LogP contribution in [0, 0.1) is 6.92 Å². The smallest absolute Gasteiger partial charge is 0.217 e. The summed E-state index contributed by atoms with van der Waals surface area (Å²) in [5.41, 5.74) is 1.19. The fourth-order valence-electron chi connectivity index (χ4n) is 0.999. The van der Waals surface area contributed by atoms with Crippen LogP contribution in [0.4, 0.5) is 0 Å². The molecule has 0 atom stereocenters. The first-order valence-corrected chi connectivity index (χ1v) is 5.14. The molecular weight excluding hydrogens is 200 g/mol. The Morgan fingerprint density at radius 2 is 1.86 bits per heavy atom. The Hall–Kier alpha value is -1.36. The van der Waals surface area contributed by atoms with E-state index in [9.17, 15) is 5.11 Å². The highest BCUT2D eigenvalue weighted by molar-refractivity contribution is 7.21. The molecule has 0 fully saturated rings. The number of thiophene rings is 1. The summed E-state index contributed by atoms with van der Waals surface area (Å²) in [5.74, 6) is -0.152. The van der Waals surface area contributed by atoms with E-state index in [-0.39, 0.29) is 10.8 Å². The molecule has 14 heavy (non-hydrogen) atoms. The van der Waals surface area contributed by atoms with E-state index in [1.807, 2.05) is 13.8 Å². The van der Waals surface area contributed by atoms with Crippen molar-refractivity contribution in [2.24, 2.45) is 0 Å². The van der Waals surface area contributed by atoms with Gasteiger partial charge in [0.25, 0.3) is 0 Å². The number of rotatable bonds is 0. The lowest BCUT2D eigenvalue weighted by Gasteiger charge is -1.90. The van der Waals surface area contributed by atoms with Crippen LogP contribution in [0.2, 0.25) is 0 Å². The number of nitrogens with zero attached hydrogens (tertiary/aromatic N) is 2. The maximum Gasteiger partial charge on any atom is 0.217 e. The average molecular weight is 212 g/mol. The van der Waals surface area contributed by atoms with Crippen LogP contribution in [0.5, 0.6) is 10.8 Å². The molecule has 2 aromatic rings. The summed E-state index contributed by atoms with van der Waals surface area (Å²) < 4.78 is 0.729. The highest BCUT2D eigenvalue weighted by atomic mass is 32.1. The normalized spacial score (nSPS) is 9.64. The number of aromatic hydroxyl groups is 2. The van der Waals surface area contributed by atoms with Gasteiger partial charge in [-0.2, -0.15) is 0 Å². The lowest BCUT2D eigenvalue weighted by Crippen LogP contribution is -1.81. The van der Waals surface area contributed by atoms with Crippen molar-refractivity contribution in [2.75, 3.05) is 0 Å². The first-order valence-electron chi connectivity index (χ1n) is 4.32. The molecule has 0 aliphatic rings. The molecule has 5 heteroatoms. The Bertz CT molecular complexity index is 440. The zero-order valence-corrected chi connectivity index (χ0v) is 9.09. The molecule has 0 bridgehead atoms. The first kappa shape index (κ1) is 10.7. The molecule has 0 unspecified atom stereocenters. The van der Waals surface area contributed by atoms with Gasteiger partial charge in [0.1, 0.15) is 11.8 Å². The Morgan fingerprint density at radius 3 is 2.43 bits per heavy atom. The summed E-state index contributed by atoms with van der Waals surface area (Å²) in [4.78, 5) is 7.79. The van der Waals surface area contributed by atoms with E-state index in [1.54, 1.807) is 6.92 Å². The minimum absolute atomic E-state index is 0.103. The van der Waals surface area contributed by atoms with Gasteiger partial charge in [-0.3, -0.25) is 0 Å². The molecule has 2 aromatic heterocycles. The van der Waals surface area contributed by atoms with Crippen LogP contribution in [-0.4, -0.2) is 20.2 Å². The predicted octanol–water partition coefficient (Wildman–Crippen LogP) is 2.44. The van der Waals surface area contributed by atoms with Crippen molar-refractivity contribution in [1.82, 2.24) is 9.97 Å². The molecular formula is C9H12N2O2S. The van der Waals surface area contributed by atoms with Crippen molar-refractivity contribution < 1.29 is 10.2 Å².